The Hall–Kier alpha value is -3.42. The molecule has 1 amide bonds. The minimum Gasteiger partial charge on any atom is -0.461 e. The summed E-state index contributed by atoms with van der Waals surface area (Å²) in [5.74, 6) is 2.64. The highest BCUT2D eigenvalue weighted by molar-refractivity contribution is 5.93. The Morgan fingerprint density at radius 2 is 1.83 bits per heavy atom. The summed E-state index contributed by atoms with van der Waals surface area (Å²) in [6.07, 6.45) is 3.71. The quantitative estimate of drug-likeness (QED) is 0.537. The number of fused-ring (bicyclic) bond motifs is 3. The summed E-state index contributed by atoms with van der Waals surface area (Å²) in [6, 6.07) is 11.7. The number of amides is 1. The molecule has 2 fully saturated rings. The van der Waals surface area contributed by atoms with Gasteiger partial charge >= 0.3 is 0 Å². The summed E-state index contributed by atoms with van der Waals surface area (Å²) in [5, 5.41) is 9.81. The van der Waals surface area contributed by atoms with Crippen molar-refractivity contribution >= 4 is 28.4 Å². The van der Waals surface area contributed by atoms with Crippen LogP contribution in [-0.2, 0) is 4.79 Å². The number of carbonyl (C=O) groups excluding carboxylic acids is 1. The second kappa shape index (κ2) is 6.30. The van der Waals surface area contributed by atoms with Crippen molar-refractivity contribution in [2.75, 3.05) is 31.1 Å². The van der Waals surface area contributed by atoms with Crippen LogP contribution in [0.2, 0.25) is 0 Å². The van der Waals surface area contributed by atoms with E-state index in [0.717, 1.165) is 48.4 Å². The average Bonchev–Trinajstić information content (AvgIpc) is 3.29. The highest BCUT2D eigenvalue weighted by atomic mass is 16.3. The molecule has 4 aromatic rings. The van der Waals surface area contributed by atoms with Crippen LogP contribution in [0.4, 0.5) is 5.95 Å². The van der Waals surface area contributed by atoms with Gasteiger partial charge in [-0.1, -0.05) is 12.1 Å². The van der Waals surface area contributed by atoms with Gasteiger partial charge in [-0.2, -0.15) is 0 Å². The maximum atomic E-state index is 12.4. The minimum atomic E-state index is 0.260. The molecule has 8 heteroatoms. The van der Waals surface area contributed by atoms with Gasteiger partial charge in [0.2, 0.25) is 17.7 Å². The molecule has 146 valence electrons. The Balaban J connectivity index is 1.45. The van der Waals surface area contributed by atoms with Crippen LogP contribution < -0.4 is 4.90 Å². The van der Waals surface area contributed by atoms with E-state index in [1.54, 1.807) is 6.26 Å². The van der Waals surface area contributed by atoms with Gasteiger partial charge in [0.1, 0.15) is 0 Å². The number of hydrogen-bond acceptors (Lipinski definition) is 6. The van der Waals surface area contributed by atoms with Crippen LogP contribution in [0.1, 0.15) is 12.8 Å². The fourth-order valence-electron chi connectivity index (χ4n) is 4.06. The van der Waals surface area contributed by atoms with Crippen molar-refractivity contribution in [2.24, 2.45) is 5.92 Å². The van der Waals surface area contributed by atoms with Crippen molar-refractivity contribution in [1.82, 2.24) is 24.5 Å². The van der Waals surface area contributed by atoms with E-state index in [1.807, 2.05) is 45.7 Å². The third-order valence-electron chi connectivity index (χ3n) is 5.77. The Bertz CT molecular complexity index is 1200. The lowest BCUT2D eigenvalue weighted by molar-refractivity contribution is -0.132. The van der Waals surface area contributed by atoms with E-state index >= 15 is 0 Å². The largest absolute Gasteiger partial charge is 0.461 e. The summed E-state index contributed by atoms with van der Waals surface area (Å²) in [5.41, 5.74) is 1.64. The van der Waals surface area contributed by atoms with Crippen LogP contribution in [-0.4, -0.2) is 56.6 Å². The molecule has 1 saturated heterocycles. The van der Waals surface area contributed by atoms with Gasteiger partial charge in [0.15, 0.2) is 11.4 Å². The summed E-state index contributed by atoms with van der Waals surface area (Å²) in [4.78, 5) is 21.6. The second-order valence-electron chi connectivity index (χ2n) is 7.68. The molecule has 29 heavy (non-hydrogen) atoms. The molecule has 0 radical (unpaired) electrons. The van der Waals surface area contributed by atoms with Crippen molar-refractivity contribution in [3.05, 3.63) is 42.7 Å². The summed E-state index contributed by atoms with van der Waals surface area (Å²) >= 11 is 0. The van der Waals surface area contributed by atoms with Crippen LogP contribution in [0.5, 0.6) is 0 Å². The van der Waals surface area contributed by atoms with E-state index in [2.05, 4.69) is 15.1 Å². The van der Waals surface area contributed by atoms with Crippen LogP contribution in [0, 0.1) is 5.92 Å². The standard InChI is InChI=1S/C21H20N6O2/c28-20(14-7-8-14)25-9-11-26(12-10-25)21-22-16-5-2-1-4-15(16)18-23-24-19(27(18)21)17-6-3-13-29-17/h1-6,13-14H,7-12H2. The molecule has 3 aromatic heterocycles. The number of para-hydroxylation sites is 1. The molecule has 4 heterocycles. The number of hydrogen-bond donors (Lipinski definition) is 0. The number of benzene rings is 1. The van der Waals surface area contributed by atoms with Crippen LogP contribution >= 0.6 is 0 Å². The first-order valence-corrected chi connectivity index (χ1v) is 10.0. The molecule has 0 bridgehead atoms. The number of anilines is 1. The first-order chi connectivity index (χ1) is 14.3. The lowest BCUT2D eigenvalue weighted by Crippen LogP contribution is -2.50. The van der Waals surface area contributed by atoms with E-state index in [1.165, 1.54) is 0 Å². The maximum absolute atomic E-state index is 12.4. The number of aromatic nitrogens is 4. The normalized spacial score (nSPS) is 17.4. The third-order valence-corrected chi connectivity index (χ3v) is 5.77. The van der Waals surface area contributed by atoms with Gasteiger partial charge < -0.3 is 14.2 Å². The van der Waals surface area contributed by atoms with Gasteiger partial charge in [-0.15, -0.1) is 10.2 Å². The van der Waals surface area contributed by atoms with Crippen molar-refractivity contribution in [3.63, 3.8) is 0 Å². The zero-order valence-electron chi connectivity index (χ0n) is 15.9. The highest BCUT2D eigenvalue weighted by Gasteiger charge is 2.35. The van der Waals surface area contributed by atoms with Crippen molar-refractivity contribution in [2.45, 2.75) is 12.8 Å². The first kappa shape index (κ1) is 16.5. The topological polar surface area (TPSA) is 79.8 Å². The number of nitrogens with zero attached hydrogens (tertiary/aromatic N) is 6. The minimum absolute atomic E-state index is 0.260. The molecule has 1 aliphatic heterocycles. The molecule has 0 N–H and O–H groups in total. The van der Waals surface area contributed by atoms with Crippen molar-refractivity contribution in [3.8, 4) is 11.6 Å². The molecule has 8 nitrogen and oxygen atoms in total. The fourth-order valence-corrected chi connectivity index (χ4v) is 4.06. The monoisotopic (exact) mass is 388 g/mol. The van der Waals surface area contributed by atoms with Crippen LogP contribution in [0.3, 0.4) is 0 Å². The van der Waals surface area contributed by atoms with Gasteiger partial charge in [-0.3, -0.25) is 4.79 Å². The van der Waals surface area contributed by atoms with Gasteiger partial charge in [-0.25, -0.2) is 9.38 Å². The summed E-state index contributed by atoms with van der Waals surface area (Å²) < 4.78 is 7.57. The van der Waals surface area contributed by atoms with E-state index in [4.69, 9.17) is 9.40 Å². The zero-order chi connectivity index (χ0) is 19.4. The molecule has 6 rings (SSSR count). The Morgan fingerprint density at radius 3 is 2.59 bits per heavy atom. The second-order valence-corrected chi connectivity index (χ2v) is 7.68. The van der Waals surface area contributed by atoms with Crippen LogP contribution in [0.25, 0.3) is 28.1 Å². The first-order valence-electron chi connectivity index (χ1n) is 10.0. The summed E-state index contributed by atoms with van der Waals surface area (Å²) in [6.45, 7) is 2.89. The molecular formula is C21H20N6O2. The Morgan fingerprint density at radius 1 is 1.00 bits per heavy atom. The van der Waals surface area contributed by atoms with E-state index in [0.29, 0.717) is 30.6 Å². The number of carbonyl (C=O) groups is 1. The summed E-state index contributed by atoms with van der Waals surface area (Å²) in [7, 11) is 0. The molecular weight excluding hydrogens is 368 g/mol. The molecule has 0 spiro atoms. The molecule has 1 saturated carbocycles. The van der Waals surface area contributed by atoms with Gasteiger partial charge in [0, 0.05) is 37.5 Å². The molecule has 0 unspecified atom stereocenters. The van der Waals surface area contributed by atoms with Crippen molar-refractivity contribution < 1.29 is 9.21 Å². The predicted molar refractivity (Wildman–Crippen MR) is 108 cm³/mol. The molecule has 2 aliphatic rings. The number of furan rings is 1. The average molecular weight is 388 g/mol. The molecule has 0 atom stereocenters. The predicted octanol–water partition coefficient (Wildman–Crippen LogP) is 2.60. The molecule has 1 aliphatic carbocycles. The zero-order valence-corrected chi connectivity index (χ0v) is 15.9. The van der Waals surface area contributed by atoms with Gasteiger partial charge in [-0.05, 0) is 37.1 Å². The van der Waals surface area contributed by atoms with Crippen molar-refractivity contribution in [1.29, 1.82) is 0 Å². The maximum Gasteiger partial charge on any atom is 0.225 e. The lowest BCUT2D eigenvalue weighted by Gasteiger charge is -2.35. The lowest BCUT2D eigenvalue weighted by atomic mass is 10.2. The van der Waals surface area contributed by atoms with Gasteiger partial charge in [0.05, 0.1) is 11.8 Å². The van der Waals surface area contributed by atoms with E-state index in [-0.39, 0.29) is 5.92 Å². The Labute approximate surface area is 166 Å². The van der Waals surface area contributed by atoms with Gasteiger partial charge in [0.25, 0.3) is 0 Å². The smallest absolute Gasteiger partial charge is 0.225 e. The molecule has 1 aromatic carbocycles. The van der Waals surface area contributed by atoms with E-state index < -0.39 is 0 Å². The third kappa shape index (κ3) is 2.66. The Kier molecular flexibility index (Phi) is 3.59. The van der Waals surface area contributed by atoms with Crippen LogP contribution in [0.15, 0.2) is 47.1 Å². The van der Waals surface area contributed by atoms with E-state index in [9.17, 15) is 4.79 Å². The number of piperazine rings is 1. The highest BCUT2D eigenvalue weighted by Crippen LogP contribution is 2.32. The fraction of sp³-hybridized carbons (Fsp3) is 0.333. The SMILES string of the molecule is O=C(C1CC1)N1CCN(c2nc3ccccc3c3nnc(-c4ccco4)n23)CC1. The number of rotatable bonds is 3.